The van der Waals surface area contributed by atoms with E-state index in [1.54, 1.807) is 6.26 Å². The Morgan fingerprint density at radius 3 is 3.11 bits per heavy atom. The zero-order valence-electron chi connectivity index (χ0n) is 10.3. The first-order chi connectivity index (χ1) is 9.11. The molecule has 2 rings (SSSR count). The number of aromatic carboxylic acids is 1. The van der Waals surface area contributed by atoms with E-state index in [4.69, 9.17) is 9.84 Å². The lowest BCUT2D eigenvalue weighted by Gasteiger charge is -2.27. The standard InChI is InChI=1S/C11H14FN3O3S/c1-19-11-13-4-6(10(16)17)9(15-11)14-8-2-3-18-5-7(8)12/h4,7-8H,2-3,5H2,1H3,(H,16,17)(H,13,14,15). The molecular formula is C11H14FN3O3S. The van der Waals surface area contributed by atoms with Crippen molar-refractivity contribution < 1.29 is 19.0 Å². The summed E-state index contributed by atoms with van der Waals surface area (Å²) in [6.07, 6.45) is 2.31. The molecular weight excluding hydrogens is 273 g/mol. The molecule has 1 saturated heterocycles. The van der Waals surface area contributed by atoms with Gasteiger partial charge in [0.25, 0.3) is 0 Å². The molecule has 104 valence electrons. The number of carbonyl (C=O) groups is 1. The van der Waals surface area contributed by atoms with Gasteiger partial charge in [-0.3, -0.25) is 0 Å². The van der Waals surface area contributed by atoms with Crippen LogP contribution in [0.25, 0.3) is 0 Å². The van der Waals surface area contributed by atoms with Crippen LogP contribution in [0, 0.1) is 0 Å². The molecule has 0 radical (unpaired) electrons. The molecule has 2 unspecified atom stereocenters. The third-order valence-electron chi connectivity index (χ3n) is 2.79. The summed E-state index contributed by atoms with van der Waals surface area (Å²) < 4.78 is 18.7. The smallest absolute Gasteiger partial charge is 0.341 e. The maximum absolute atomic E-state index is 13.7. The van der Waals surface area contributed by atoms with Crippen molar-refractivity contribution >= 4 is 23.5 Å². The van der Waals surface area contributed by atoms with Crippen LogP contribution in [0.2, 0.25) is 0 Å². The van der Waals surface area contributed by atoms with Crippen molar-refractivity contribution in [2.24, 2.45) is 0 Å². The number of nitrogens with one attached hydrogen (secondary N) is 1. The third-order valence-corrected chi connectivity index (χ3v) is 3.35. The fourth-order valence-corrected chi connectivity index (χ4v) is 2.11. The second kappa shape index (κ2) is 6.16. The van der Waals surface area contributed by atoms with Gasteiger partial charge < -0.3 is 15.2 Å². The molecule has 8 heteroatoms. The van der Waals surface area contributed by atoms with E-state index in [9.17, 15) is 9.18 Å². The van der Waals surface area contributed by atoms with Crippen LogP contribution in [0.1, 0.15) is 16.8 Å². The Hall–Kier alpha value is -1.41. The van der Waals surface area contributed by atoms with Crippen molar-refractivity contribution in [3.05, 3.63) is 11.8 Å². The number of anilines is 1. The molecule has 6 nitrogen and oxygen atoms in total. The van der Waals surface area contributed by atoms with Gasteiger partial charge in [0.2, 0.25) is 0 Å². The van der Waals surface area contributed by atoms with Crippen LogP contribution in [0.15, 0.2) is 11.4 Å². The van der Waals surface area contributed by atoms with Gasteiger partial charge in [0, 0.05) is 12.8 Å². The molecule has 19 heavy (non-hydrogen) atoms. The highest BCUT2D eigenvalue weighted by atomic mass is 32.2. The van der Waals surface area contributed by atoms with Crippen LogP contribution in [0.4, 0.5) is 10.2 Å². The first-order valence-corrected chi connectivity index (χ1v) is 6.97. The van der Waals surface area contributed by atoms with Crippen molar-refractivity contribution in [3.63, 3.8) is 0 Å². The number of hydrogen-bond donors (Lipinski definition) is 2. The van der Waals surface area contributed by atoms with Gasteiger partial charge in [-0.15, -0.1) is 0 Å². The van der Waals surface area contributed by atoms with E-state index >= 15 is 0 Å². The summed E-state index contributed by atoms with van der Waals surface area (Å²) in [4.78, 5) is 19.1. The van der Waals surface area contributed by atoms with Crippen LogP contribution < -0.4 is 5.32 Å². The summed E-state index contributed by atoms with van der Waals surface area (Å²) in [5, 5.41) is 12.4. The zero-order valence-corrected chi connectivity index (χ0v) is 11.1. The summed E-state index contributed by atoms with van der Waals surface area (Å²) in [7, 11) is 0. The second-order valence-electron chi connectivity index (χ2n) is 4.05. The Balaban J connectivity index is 2.23. The highest BCUT2D eigenvalue weighted by molar-refractivity contribution is 7.98. The number of nitrogens with zero attached hydrogens (tertiary/aromatic N) is 2. The molecule has 0 saturated carbocycles. The minimum absolute atomic E-state index is 0.0144. The van der Waals surface area contributed by atoms with Gasteiger partial charge in [-0.05, 0) is 12.7 Å². The molecule has 2 atom stereocenters. The van der Waals surface area contributed by atoms with E-state index in [-0.39, 0.29) is 18.0 Å². The average molecular weight is 287 g/mol. The van der Waals surface area contributed by atoms with E-state index in [1.807, 2.05) is 0 Å². The molecule has 1 aliphatic rings. The number of carboxylic acid groups (broad SMARTS) is 1. The summed E-state index contributed by atoms with van der Waals surface area (Å²) in [6.45, 7) is 0.460. The van der Waals surface area contributed by atoms with Crippen LogP contribution in [-0.4, -0.2) is 52.7 Å². The Morgan fingerprint density at radius 2 is 2.47 bits per heavy atom. The van der Waals surface area contributed by atoms with E-state index in [0.29, 0.717) is 18.2 Å². The van der Waals surface area contributed by atoms with Gasteiger partial charge in [-0.25, -0.2) is 19.2 Å². The molecule has 0 aliphatic carbocycles. The van der Waals surface area contributed by atoms with Crippen molar-refractivity contribution in [2.75, 3.05) is 24.8 Å². The van der Waals surface area contributed by atoms with Crippen LogP contribution >= 0.6 is 11.8 Å². The number of rotatable bonds is 4. The topological polar surface area (TPSA) is 84.3 Å². The highest BCUT2D eigenvalue weighted by Gasteiger charge is 2.27. The van der Waals surface area contributed by atoms with Gasteiger partial charge >= 0.3 is 5.97 Å². The fraction of sp³-hybridized carbons (Fsp3) is 0.545. The third kappa shape index (κ3) is 3.32. The molecule has 1 fully saturated rings. The minimum atomic E-state index is -1.18. The Labute approximate surface area is 113 Å². The first kappa shape index (κ1) is 14.0. The molecule has 1 aromatic rings. The maximum Gasteiger partial charge on any atom is 0.341 e. The molecule has 2 N–H and O–H groups in total. The van der Waals surface area contributed by atoms with Crippen molar-refractivity contribution in [2.45, 2.75) is 23.8 Å². The molecule has 1 aliphatic heterocycles. The number of aromatic nitrogens is 2. The maximum atomic E-state index is 13.7. The predicted octanol–water partition coefficient (Wildman–Crippen LogP) is 1.44. The Morgan fingerprint density at radius 1 is 1.68 bits per heavy atom. The lowest BCUT2D eigenvalue weighted by Crippen LogP contribution is -2.39. The van der Waals surface area contributed by atoms with Gasteiger partial charge in [0.1, 0.15) is 17.6 Å². The molecule has 0 spiro atoms. The largest absolute Gasteiger partial charge is 0.477 e. The molecule has 2 heterocycles. The number of hydrogen-bond acceptors (Lipinski definition) is 6. The monoisotopic (exact) mass is 287 g/mol. The van der Waals surface area contributed by atoms with Crippen LogP contribution in [0.5, 0.6) is 0 Å². The predicted molar refractivity (Wildman–Crippen MR) is 68.5 cm³/mol. The summed E-state index contributed by atoms with van der Waals surface area (Å²) in [5.74, 6) is -0.987. The zero-order chi connectivity index (χ0) is 13.8. The SMILES string of the molecule is CSc1ncc(C(=O)O)c(NC2CCOCC2F)n1. The number of halogens is 1. The summed E-state index contributed by atoms with van der Waals surface area (Å²) in [5.41, 5.74) is -0.0588. The lowest BCUT2D eigenvalue weighted by molar-refractivity contribution is 0.0284. The van der Waals surface area contributed by atoms with E-state index in [2.05, 4.69) is 15.3 Å². The normalized spacial score (nSPS) is 23.1. The number of alkyl halides is 1. The van der Waals surface area contributed by atoms with Gasteiger partial charge in [0.15, 0.2) is 5.16 Å². The molecule has 0 amide bonds. The quantitative estimate of drug-likeness (QED) is 0.640. The summed E-state index contributed by atoms with van der Waals surface area (Å²) in [6, 6.07) is -0.489. The van der Waals surface area contributed by atoms with Gasteiger partial charge in [-0.2, -0.15) is 0 Å². The van der Waals surface area contributed by atoms with Gasteiger partial charge in [0.05, 0.1) is 12.6 Å². The lowest BCUT2D eigenvalue weighted by atomic mass is 10.1. The number of thioether (sulfide) groups is 1. The molecule has 0 aromatic carbocycles. The highest BCUT2D eigenvalue weighted by Crippen LogP contribution is 2.21. The van der Waals surface area contributed by atoms with E-state index < -0.39 is 18.2 Å². The Bertz CT molecular complexity index is 474. The molecule has 1 aromatic heterocycles. The summed E-state index contributed by atoms with van der Waals surface area (Å²) >= 11 is 1.29. The number of ether oxygens (including phenoxy) is 1. The van der Waals surface area contributed by atoms with Crippen LogP contribution in [-0.2, 0) is 4.74 Å². The van der Waals surface area contributed by atoms with Crippen LogP contribution in [0.3, 0.4) is 0 Å². The van der Waals surface area contributed by atoms with Crippen molar-refractivity contribution in [1.29, 1.82) is 0 Å². The molecule has 0 bridgehead atoms. The van der Waals surface area contributed by atoms with Gasteiger partial charge in [-0.1, -0.05) is 11.8 Å². The van der Waals surface area contributed by atoms with Crippen molar-refractivity contribution in [3.8, 4) is 0 Å². The second-order valence-corrected chi connectivity index (χ2v) is 4.83. The number of carboxylic acids is 1. The van der Waals surface area contributed by atoms with E-state index in [0.717, 1.165) is 0 Å². The van der Waals surface area contributed by atoms with E-state index in [1.165, 1.54) is 18.0 Å². The first-order valence-electron chi connectivity index (χ1n) is 5.74. The van der Waals surface area contributed by atoms with Crippen molar-refractivity contribution in [1.82, 2.24) is 9.97 Å². The fourth-order valence-electron chi connectivity index (χ4n) is 1.77. The minimum Gasteiger partial charge on any atom is -0.477 e. The Kier molecular flexibility index (Phi) is 4.54. The average Bonchev–Trinajstić information content (AvgIpc) is 2.41.